The van der Waals surface area contributed by atoms with Crippen molar-refractivity contribution in [1.29, 1.82) is 0 Å². The summed E-state index contributed by atoms with van der Waals surface area (Å²) in [7, 11) is 0. The third kappa shape index (κ3) is 3.43. The maximum absolute atomic E-state index is 11.0. The molecule has 0 saturated heterocycles. The monoisotopic (exact) mass is 335 g/mol. The average molecular weight is 336 g/mol. The number of nitro groups is 1. The van der Waals surface area contributed by atoms with Crippen LogP contribution in [0.5, 0.6) is 0 Å². The van der Waals surface area contributed by atoms with E-state index in [1.165, 1.54) is 0 Å². The van der Waals surface area contributed by atoms with Gasteiger partial charge in [-0.05, 0) is 28.8 Å². The molecular formula is C15H14BrNO3. The third-order valence-corrected chi connectivity index (χ3v) is 3.73. The predicted molar refractivity (Wildman–Crippen MR) is 80.2 cm³/mol. The normalized spacial score (nSPS) is 12.1. The summed E-state index contributed by atoms with van der Waals surface area (Å²) >= 11 is 3.36. The van der Waals surface area contributed by atoms with Crippen molar-refractivity contribution >= 4 is 15.9 Å². The molecule has 0 aliphatic carbocycles. The van der Waals surface area contributed by atoms with Gasteiger partial charge in [-0.15, -0.1) is 0 Å². The van der Waals surface area contributed by atoms with Crippen molar-refractivity contribution in [3.63, 3.8) is 0 Å². The van der Waals surface area contributed by atoms with Crippen molar-refractivity contribution in [3.8, 4) is 0 Å². The van der Waals surface area contributed by atoms with Crippen LogP contribution in [-0.2, 0) is 6.61 Å². The Kier molecular flexibility index (Phi) is 4.87. The SMILES string of the molecule is O=[N+]([O-])CC(c1ccc(Br)cc1)c1ccccc1CO. The predicted octanol–water partition coefficient (Wildman–Crippen LogP) is 3.35. The Labute approximate surface area is 125 Å². The maximum Gasteiger partial charge on any atom is 0.214 e. The van der Waals surface area contributed by atoms with E-state index in [2.05, 4.69) is 15.9 Å². The Morgan fingerprint density at radius 2 is 1.80 bits per heavy atom. The summed E-state index contributed by atoms with van der Waals surface area (Å²) in [6.45, 7) is -0.320. The number of nitrogens with zero attached hydrogens (tertiary/aromatic N) is 1. The van der Waals surface area contributed by atoms with E-state index in [0.29, 0.717) is 0 Å². The Morgan fingerprint density at radius 1 is 1.15 bits per heavy atom. The zero-order valence-corrected chi connectivity index (χ0v) is 12.3. The van der Waals surface area contributed by atoms with Gasteiger partial charge in [-0.25, -0.2) is 0 Å². The van der Waals surface area contributed by atoms with Crippen LogP contribution in [0.2, 0.25) is 0 Å². The van der Waals surface area contributed by atoms with Gasteiger partial charge in [-0.2, -0.15) is 0 Å². The Morgan fingerprint density at radius 3 is 2.40 bits per heavy atom. The molecular weight excluding hydrogens is 322 g/mol. The summed E-state index contributed by atoms with van der Waals surface area (Å²) in [5.41, 5.74) is 2.39. The quantitative estimate of drug-likeness (QED) is 0.673. The van der Waals surface area contributed by atoms with E-state index in [-0.39, 0.29) is 24.0 Å². The van der Waals surface area contributed by atoms with E-state index in [1.807, 2.05) is 42.5 Å². The van der Waals surface area contributed by atoms with Gasteiger partial charge in [0.15, 0.2) is 0 Å². The minimum Gasteiger partial charge on any atom is -0.392 e. The van der Waals surface area contributed by atoms with Crippen molar-refractivity contribution in [2.24, 2.45) is 0 Å². The zero-order chi connectivity index (χ0) is 14.5. The maximum atomic E-state index is 11.0. The van der Waals surface area contributed by atoms with Crippen molar-refractivity contribution in [1.82, 2.24) is 0 Å². The van der Waals surface area contributed by atoms with Crippen LogP contribution in [0.3, 0.4) is 0 Å². The van der Waals surface area contributed by atoms with Crippen molar-refractivity contribution in [2.75, 3.05) is 6.54 Å². The molecule has 1 unspecified atom stereocenters. The summed E-state index contributed by atoms with van der Waals surface area (Å²) in [6, 6.07) is 14.7. The minimum atomic E-state index is -0.360. The Balaban J connectivity index is 2.46. The van der Waals surface area contributed by atoms with Gasteiger partial charge in [-0.1, -0.05) is 52.3 Å². The summed E-state index contributed by atoms with van der Waals surface area (Å²) in [5, 5.41) is 20.4. The van der Waals surface area contributed by atoms with Crippen LogP contribution in [-0.4, -0.2) is 16.6 Å². The van der Waals surface area contributed by atoms with Crippen LogP contribution in [0, 0.1) is 10.1 Å². The molecule has 4 nitrogen and oxygen atoms in total. The average Bonchev–Trinajstić information content (AvgIpc) is 2.45. The number of aliphatic hydroxyl groups excluding tert-OH is 1. The molecule has 0 spiro atoms. The molecule has 1 N–H and O–H groups in total. The first-order valence-corrected chi connectivity index (χ1v) is 6.97. The number of hydrogen-bond donors (Lipinski definition) is 1. The molecule has 2 aromatic rings. The molecule has 2 aromatic carbocycles. The molecule has 2 rings (SSSR count). The summed E-state index contributed by atoms with van der Waals surface area (Å²) in [5.74, 6) is -0.360. The standard InChI is InChI=1S/C15H14BrNO3/c16-13-7-5-11(6-8-13)15(9-17(19)20)14-4-2-1-3-12(14)10-18/h1-8,15,18H,9-10H2. The molecule has 0 heterocycles. The molecule has 0 bridgehead atoms. The van der Waals surface area contributed by atoms with Crippen LogP contribution < -0.4 is 0 Å². The number of aliphatic hydroxyl groups is 1. The minimum absolute atomic E-state index is 0.124. The summed E-state index contributed by atoms with van der Waals surface area (Å²) in [4.78, 5) is 10.6. The highest BCUT2D eigenvalue weighted by Gasteiger charge is 2.22. The highest BCUT2D eigenvalue weighted by atomic mass is 79.9. The van der Waals surface area contributed by atoms with Gasteiger partial charge in [-0.3, -0.25) is 10.1 Å². The van der Waals surface area contributed by atoms with Crippen LogP contribution >= 0.6 is 15.9 Å². The smallest absolute Gasteiger partial charge is 0.214 e. The van der Waals surface area contributed by atoms with E-state index in [9.17, 15) is 15.2 Å². The van der Waals surface area contributed by atoms with Crippen molar-refractivity contribution < 1.29 is 10.0 Å². The van der Waals surface area contributed by atoms with Crippen LogP contribution in [0.1, 0.15) is 22.6 Å². The van der Waals surface area contributed by atoms with Gasteiger partial charge in [0.25, 0.3) is 0 Å². The molecule has 0 fully saturated rings. The van der Waals surface area contributed by atoms with Gasteiger partial charge >= 0.3 is 0 Å². The Bertz CT molecular complexity index is 598. The Hall–Kier alpha value is -1.72. The lowest BCUT2D eigenvalue weighted by Crippen LogP contribution is -2.15. The van der Waals surface area contributed by atoms with Gasteiger partial charge < -0.3 is 5.11 Å². The molecule has 0 amide bonds. The number of hydrogen-bond acceptors (Lipinski definition) is 3. The van der Waals surface area contributed by atoms with Gasteiger partial charge in [0.1, 0.15) is 0 Å². The lowest BCUT2D eigenvalue weighted by molar-refractivity contribution is -0.481. The van der Waals surface area contributed by atoms with Crippen molar-refractivity contribution in [3.05, 3.63) is 79.8 Å². The molecule has 0 radical (unpaired) electrons. The molecule has 20 heavy (non-hydrogen) atoms. The zero-order valence-electron chi connectivity index (χ0n) is 10.7. The van der Waals surface area contributed by atoms with Crippen LogP contribution in [0.4, 0.5) is 0 Å². The number of rotatable bonds is 5. The third-order valence-electron chi connectivity index (χ3n) is 3.20. The molecule has 0 aliphatic heterocycles. The largest absolute Gasteiger partial charge is 0.392 e. The van der Waals surface area contributed by atoms with E-state index in [4.69, 9.17) is 0 Å². The second kappa shape index (κ2) is 6.63. The van der Waals surface area contributed by atoms with Gasteiger partial charge in [0.05, 0.1) is 12.5 Å². The van der Waals surface area contributed by atoms with Crippen LogP contribution in [0.25, 0.3) is 0 Å². The lowest BCUT2D eigenvalue weighted by Gasteiger charge is -2.17. The second-order valence-corrected chi connectivity index (χ2v) is 5.39. The fourth-order valence-corrected chi connectivity index (χ4v) is 2.51. The topological polar surface area (TPSA) is 63.4 Å². The first kappa shape index (κ1) is 14.7. The first-order valence-electron chi connectivity index (χ1n) is 6.17. The van der Waals surface area contributed by atoms with E-state index >= 15 is 0 Å². The highest BCUT2D eigenvalue weighted by molar-refractivity contribution is 9.10. The van der Waals surface area contributed by atoms with Crippen molar-refractivity contribution in [2.45, 2.75) is 12.5 Å². The van der Waals surface area contributed by atoms with Gasteiger partial charge in [0.2, 0.25) is 6.54 Å². The van der Waals surface area contributed by atoms with Gasteiger partial charge in [0, 0.05) is 9.40 Å². The molecule has 0 aromatic heterocycles. The number of benzene rings is 2. The molecule has 5 heteroatoms. The molecule has 104 valence electrons. The molecule has 1 atom stereocenters. The lowest BCUT2D eigenvalue weighted by atomic mass is 9.88. The van der Waals surface area contributed by atoms with Crippen LogP contribution in [0.15, 0.2) is 53.0 Å². The number of halogens is 1. The van der Waals surface area contributed by atoms with E-state index in [1.54, 1.807) is 6.07 Å². The first-order chi connectivity index (χ1) is 9.61. The molecule has 0 aliphatic rings. The molecule has 0 saturated carbocycles. The highest BCUT2D eigenvalue weighted by Crippen LogP contribution is 2.28. The second-order valence-electron chi connectivity index (χ2n) is 4.48. The van der Waals surface area contributed by atoms with E-state index < -0.39 is 0 Å². The summed E-state index contributed by atoms with van der Waals surface area (Å²) in [6.07, 6.45) is 0. The fraction of sp³-hybridized carbons (Fsp3) is 0.200. The summed E-state index contributed by atoms with van der Waals surface area (Å²) < 4.78 is 0.927. The van der Waals surface area contributed by atoms with E-state index in [0.717, 1.165) is 21.2 Å². The fourth-order valence-electron chi connectivity index (χ4n) is 2.25.